The second-order valence-corrected chi connectivity index (χ2v) is 17.3. The minimum atomic E-state index is -0.520. The summed E-state index contributed by atoms with van der Waals surface area (Å²) < 4.78 is 64.0. The van der Waals surface area contributed by atoms with Crippen LogP contribution in [0.1, 0.15) is 76.7 Å². The van der Waals surface area contributed by atoms with Crippen molar-refractivity contribution in [2.24, 2.45) is 11.8 Å². The van der Waals surface area contributed by atoms with Gasteiger partial charge in [0.15, 0.2) is 11.2 Å². The van der Waals surface area contributed by atoms with E-state index in [2.05, 4.69) is 0 Å². The molecule has 2 heterocycles. The Morgan fingerprint density at radius 2 is 1.01 bits per heavy atom. The van der Waals surface area contributed by atoms with Gasteiger partial charge in [-0.3, -0.25) is 18.7 Å². The maximum atomic E-state index is 14.4. The third-order valence-corrected chi connectivity index (χ3v) is 12.1. The number of carbonyl (C=O) groups excluding carboxylic acids is 2. The first-order valence-electron chi connectivity index (χ1n) is 25.3. The van der Waals surface area contributed by atoms with E-state index >= 15 is 0 Å². The monoisotopic (exact) mass is 987 g/mol. The van der Waals surface area contributed by atoms with Crippen molar-refractivity contribution < 1.29 is 61.7 Å². The Balaban J connectivity index is 0.980. The predicted molar refractivity (Wildman–Crippen MR) is 262 cm³/mol. The molecule has 2 aromatic heterocycles. The zero-order chi connectivity index (χ0) is 49.4. The topological polar surface area (TPSA) is 197 Å². The molecule has 0 atom stereocenters. The average Bonchev–Trinajstić information content (AvgIpc) is 3.75. The van der Waals surface area contributed by atoms with Gasteiger partial charge in [0.2, 0.25) is 0 Å². The van der Waals surface area contributed by atoms with Crippen molar-refractivity contribution in [3.05, 3.63) is 56.7 Å². The SMILES string of the molecule is CCOC(=O)Cn1c(-c2ccc(/C=C/C(=O)OCCOCCOCCOCCOCCOCCOCCOCCOCCOC)cc2)nc2c1c(=O)n(CC1CCCCC1)c(=O)n2CC1CCCCC1. The number of esters is 2. The molecule has 0 radical (unpaired) electrons. The zero-order valence-electron chi connectivity index (χ0n) is 41.7. The number of hydrogen-bond acceptors (Lipinski definition) is 16. The first-order valence-corrected chi connectivity index (χ1v) is 25.3. The van der Waals surface area contributed by atoms with Gasteiger partial charge in [-0.2, -0.15) is 0 Å². The van der Waals surface area contributed by atoms with E-state index in [0.29, 0.717) is 142 Å². The molecule has 19 nitrogen and oxygen atoms in total. The lowest BCUT2D eigenvalue weighted by Gasteiger charge is -2.25. The summed E-state index contributed by atoms with van der Waals surface area (Å²) in [6.07, 6.45) is 13.7. The molecule has 2 aliphatic carbocycles. The summed E-state index contributed by atoms with van der Waals surface area (Å²) in [5, 5.41) is 0. The van der Waals surface area contributed by atoms with Crippen LogP contribution in [-0.2, 0) is 81.3 Å². The minimum absolute atomic E-state index is 0.0808. The summed E-state index contributed by atoms with van der Waals surface area (Å²) in [5.41, 5.74) is 1.11. The fraction of sp³-hybridized carbons (Fsp3) is 0.706. The van der Waals surface area contributed by atoms with E-state index in [-0.39, 0.29) is 43.5 Å². The smallest absolute Gasteiger partial charge is 0.332 e. The highest BCUT2D eigenvalue weighted by atomic mass is 16.6. The quantitative estimate of drug-likeness (QED) is 0.0421. The van der Waals surface area contributed by atoms with Crippen LogP contribution in [-0.4, -0.2) is 163 Å². The van der Waals surface area contributed by atoms with Gasteiger partial charge in [0.1, 0.15) is 19.0 Å². The van der Waals surface area contributed by atoms with E-state index in [1.807, 2.05) is 24.3 Å². The van der Waals surface area contributed by atoms with Crippen molar-refractivity contribution in [2.75, 3.05) is 133 Å². The number of ether oxygens (including phenoxy) is 11. The summed E-state index contributed by atoms with van der Waals surface area (Å²) >= 11 is 0. The molecule has 2 saturated carbocycles. The molecule has 392 valence electrons. The van der Waals surface area contributed by atoms with Crippen LogP contribution in [0.3, 0.4) is 0 Å². The van der Waals surface area contributed by atoms with Gasteiger partial charge in [-0.15, -0.1) is 0 Å². The number of methoxy groups -OCH3 is 1. The minimum Gasteiger partial charge on any atom is -0.465 e. The van der Waals surface area contributed by atoms with E-state index in [9.17, 15) is 19.2 Å². The van der Waals surface area contributed by atoms with E-state index in [0.717, 1.165) is 56.9 Å². The second kappa shape index (κ2) is 34.1. The van der Waals surface area contributed by atoms with Gasteiger partial charge in [-0.05, 0) is 56.1 Å². The van der Waals surface area contributed by atoms with E-state index < -0.39 is 17.5 Å². The van der Waals surface area contributed by atoms with Crippen LogP contribution < -0.4 is 11.2 Å². The number of nitrogens with zero attached hydrogens (tertiary/aromatic N) is 4. The standard InChI is InChI=1S/C51H78N4O15/c1-3-69-46(57)40-53-47-49(54(38-42-10-6-4-7-11-42)51(59)55(50(47)58)39-43-12-8-5-9-13-43)52-48(53)44-17-14-41(15-18-44)16-19-45(56)70-37-36-68-35-34-67-33-32-66-31-30-65-29-28-64-27-26-63-25-24-62-23-22-61-21-20-60-2/h14-19,42-43H,3-13,20-40H2,1-2H3/b19-16+. The molecule has 1 aromatic carbocycles. The molecule has 0 saturated heterocycles. The molecular weight excluding hydrogens is 909 g/mol. The fourth-order valence-electron chi connectivity index (χ4n) is 8.52. The number of benzene rings is 1. The maximum absolute atomic E-state index is 14.4. The molecule has 70 heavy (non-hydrogen) atoms. The number of aromatic nitrogens is 4. The molecule has 2 aliphatic rings. The highest BCUT2D eigenvalue weighted by molar-refractivity contribution is 5.87. The van der Waals surface area contributed by atoms with Crippen LogP contribution in [0.5, 0.6) is 0 Å². The summed E-state index contributed by atoms with van der Waals surface area (Å²) in [4.78, 5) is 59.2. The van der Waals surface area contributed by atoms with Crippen molar-refractivity contribution in [1.29, 1.82) is 0 Å². The van der Waals surface area contributed by atoms with Crippen LogP contribution in [0.2, 0.25) is 0 Å². The lowest BCUT2D eigenvalue weighted by atomic mass is 9.89. The van der Waals surface area contributed by atoms with E-state index in [1.165, 1.54) is 23.5 Å². The highest BCUT2D eigenvalue weighted by Gasteiger charge is 2.27. The molecule has 3 aromatic rings. The van der Waals surface area contributed by atoms with Crippen molar-refractivity contribution in [1.82, 2.24) is 18.7 Å². The molecule has 0 aliphatic heterocycles. The van der Waals surface area contributed by atoms with Crippen LogP contribution in [0.4, 0.5) is 0 Å². The molecular formula is C51H78N4O15. The van der Waals surface area contributed by atoms with Gasteiger partial charge in [0.25, 0.3) is 5.56 Å². The zero-order valence-corrected chi connectivity index (χ0v) is 41.7. The lowest BCUT2D eigenvalue weighted by Crippen LogP contribution is -2.43. The Morgan fingerprint density at radius 1 is 0.571 bits per heavy atom. The number of carbonyl (C=O) groups is 2. The highest BCUT2D eigenvalue weighted by Crippen LogP contribution is 2.29. The maximum Gasteiger partial charge on any atom is 0.332 e. The lowest BCUT2D eigenvalue weighted by molar-refractivity contribution is -0.143. The van der Waals surface area contributed by atoms with Gasteiger partial charge in [0, 0.05) is 31.8 Å². The van der Waals surface area contributed by atoms with Gasteiger partial charge in [-0.25, -0.2) is 14.6 Å². The van der Waals surface area contributed by atoms with Crippen LogP contribution in [0.15, 0.2) is 39.9 Å². The van der Waals surface area contributed by atoms with Crippen LogP contribution in [0, 0.1) is 11.8 Å². The molecule has 0 amide bonds. The van der Waals surface area contributed by atoms with Crippen molar-refractivity contribution in [3.8, 4) is 11.4 Å². The van der Waals surface area contributed by atoms with Gasteiger partial charge in [0.05, 0.1) is 119 Å². The third-order valence-electron chi connectivity index (χ3n) is 12.1. The fourth-order valence-corrected chi connectivity index (χ4v) is 8.52. The predicted octanol–water partition coefficient (Wildman–Crippen LogP) is 5.09. The number of fused-ring (bicyclic) bond motifs is 1. The number of rotatable bonds is 37. The van der Waals surface area contributed by atoms with Crippen LogP contribution >= 0.6 is 0 Å². The Hall–Kier alpha value is -4.31. The largest absolute Gasteiger partial charge is 0.465 e. The molecule has 19 heteroatoms. The molecule has 5 rings (SSSR count). The summed E-state index contributed by atoms with van der Waals surface area (Å²) in [6.45, 7) is 10.4. The molecule has 0 spiro atoms. The van der Waals surface area contributed by atoms with Gasteiger partial charge >= 0.3 is 17.6 Å². The molecule has 0 unspecified atom stereocenters. The Bertz CT molecular complexity index is 2070. The summed E-state index contributed by atoms with van der Waals surface area (Å²) in [6, 6.07) is 7.26. The third kappa shape index (κ3) is 20.4. The van der Waals surface area contributed by atoms with E-state index in [1.54, 1.807) is 29.2 Å². The van der Waals surface area contributed by atoms with Gasteiger partial charge < -0.3 is 56.7 Å². The Kier molecular flexibility index (Phi) is 27.6. The normalized spacial score (nSPS) is 14.8. The van der Waals surface area contributed by atoms with Crippen molar-refractivity contribution in [3.63, 3.8) is 0 Å². The Labute approximate surface area is 411 Å². The first-order chi connectivity index (χ1) is 34.4. The number of imidazole rings is 1. The van der Waals surface area contributed by atoms with Gasteiger partial charge in [-0.1, -0.05) is 62.8 Å². The van der Waals surface area contributed by atoms with Crippen LogP contribution in [0.25, 0.3) is 28.6 Å². The average molecular weight is 987 g/mol. The molecule has 0 N–H and O–H groups in total. The van der Waals surface area contributed by atoms with Crippen molar-refractivity contribution >= 4 is 29.2 Å². The second-order valence-electron chi connectivity index (χ2n) is 17.3. The van der Waals surface area contributed by atoms with E-state index in [4.69, 9.17) is 57.1 Å². The molecule has 0 bridgehead atoms. The summed E-state index contributed by atoms with van der Waals surface area (Å²) in [7, 11) is 1.64. The first kappa shape index (κ1) is 56.6. The number of hydrogen-bond donors (Lipinski definition) is 0. The Morgan fingerprint density at radius 3 is 1.47 bits per heavy atom. The summed E-state index contributed by atoms with van der Waals surface area (Å²) in [5.74, 6) is -0.104. The molecule has 2 fully saturated rings. The van der Waals surface area contributed by atoms with Crippen molar-refractivity contribution in [2.45, 2.75) is 90.8 Å².